The third kappa shape index (κ3) is 6.28. The molecule has 0 radical (unpaired) electrons. The Morgan fingerprint density at radius 1 is 0.897 bits per heavy atom. The minimum Gasteiger partial charge on any atom is -0.499 e. The van der Waals surface area contributed by atoms with Gasteiger partial charge in [0.25, 0.3) is 0 Å². The van der Waals surface area contributed by atoms with Crippen LogP contribution in [0.25, 0.3) is 0 Å². The van der Waals surface area contributed by atoms with Crippen LogP contribution < -0.4 is 24.3 Å². The highest BCUT2D eigenvalue weighted by Gasteiger charge is 2.34. The monoisotopic (exact) mass is 547 g/mol. The van der Waals surface area contributed by atoms with Crippen molar-refractivity contribution in [2.45, 2.75) is 31.9 Å². The van der Waals surface area contributed by atoms with Crippen molar-refractivity contribution in [1.82, 2.24) is 5.32 Å². The number of benzene rings is 2. The van der Waals surface area contributed by atoms with Gasteiger partial charge in [-0.1, -0.05) is 0 Å². The molecular weight excluding hydrogens is 518 g/mol. The summed E-state index contributed by atoms with van der Waals surface area (Å²) in [5.41, 5.74) is -0.584. The van der Waals surface area contributed by atoms with Gasteiger partial charge >= 0.3 is 17.6 Å². The lowest BCUT2D eigenvalue weighted by molar-refractivity contribution is -0.906. The molecule has 0 unspecified atom stereocenters. The van der Waals surface area contributed by atoms with Gasteiger partial charge in [-0.25, -0.2) is 13.6 Å². The van der Waals surface area contributed by atoms with Gasteiger partial charge < -0.3 is 29.4 Å². The molecule has 3 rings (SSSR count). The molecular formula is C27H29F2N2O8+. The van der Waals surface area contributed by atoms with Crippen LogP contribution in [0, 0.1) is 11.6 Å². The molecule has 1 heterocycles. The largest absolute Gasteiger partial charge is 0.499 e. The quantitative estimate of drug-likeness (QED) is 0.201. The molecule has 0 aliphatic rings. The van der Waals surface area contributed by atoms with E-state index in [-0.39, 0.29) is 16.9 Å². The number of hydrogen-bond donors (Lipinski definition) is 3. The molecule has 1 aromatic heterocycles. The number of pyridine rings is 1. The highest BCUT2D eigenvalue weighted by atomic mass is 19.1. The number of ether oxygens (including phenoxy) is 4. The minimum absolute atomic E-state index is 0.00103. The van der Waals surface area contributed by atoms with Gasteiger partial charge in [-0.3, -0.25) is 10.0 Å². The number of nitrogens with one attached hydrogen (secondary N) is 1. The molecule has 0 saturated heterocycles. The number of nitrogens with zero attached hydrogens (tertiary/aromatic N) is 1. The van der Waals surface area contributed by atoms with E-state index in [0.717, 1.165) is 18.3 Å². The zero-order chi connectivity index (χ0) is 28.9. The molecule has 208 valence electrons. The van der Waals surface area contributed by atoms with E-state index in [4.69, 9.17) is 18.9 Å². The van der Waals surface area contributed by atoms with Crippen molar-refractivity contribution in [3.05, 3.63) is 77.1 Å². The Kier molecular flexibility index (Phi) is 9.12. The molecule has 2 aromatic carbocycles. The lowest BCUT2D eigenvalue weighted by Gasteiger charge is -2.27. The second kappa shape index (κ2) is 12.3. The maximum atomic E-state index is 15.0. The summed E-state index contributed by atoms with van der Waals surface area (Å²) in [6, 6.07) is 7.78. The van der Waals surface area contributed by atoms with Gasteiger partial charge in [0.1, 0.15) is 35.3 Å². The SMILES string of the molecule is COc1ccc(F)c(C(c2cc(OC)ccc2F)[C@H](C)OC(=O)[C@H](C)NC(=O)c2c(O)c(OC)cc[n+]2O)c1. The predicted octanol–water partition coefficient (Wildman–Crippen LogP) is 3.10. The molecule has 39 heavy (non-hydrogen) atoms. The number of aromatic nitrogens is 1. The van der Waals surface area contributed by atoms with Gasteiger partial charge in [-0.05, 0) is 50.2 Å². The van der Waals surface area contributed by atoms with E-state index < -0.39 is 53.0 Å². The Balaban J connectivity index is 1.91. The van der Waals surface area contributed by atoms with Crippen LogP contribution in [0.3, 0.4) is 0 Å². The van der Waals surface area contributed by atoms with Crippen LogP contribution in [0.1, 0.15) is 41.4 Å². The lowest BCUT2D eigenvalue weighted by Crippen LogP contribution is -2.47. The molecule has 3 aromatic rings. The molecule has 2 atom stereocenters. The topological polar surface area (TPSA) is 127 Å². The normalized spacial score (nSPS) is 12.4. The van der Waals surface area contributed by atoms with Crippen LogP contribution in [0.4, 0.5) is 8.78 Å². The first kappa shape index (κ1) is 29.0. The zero-order valence-electron chi connectivity index (χ0n) is 21.9. The van der Waals surface area contributed by atoms with Gasteiger partial charge in [0.2, 0.25) is 11.9 Å². The van der Waals surface area contributed by atoms with Gasteiger partial charge in [0.15, 0.2) is 5.75 Å². The summed E-state index contributed by atoms with van der Waals surface area (Å²) < 4.78 is 51.3. The molecule has 10 nitrogen and oxygen atoms in total. The molecule has 0 fully saturated rings. The van der Waals surface area contributed by atoms with Gasteiger partial charge in [-0.15, -0.1) is 0 Å². The van der Waals surface area contributed by atoms with Crippen LogP contribution in [0.5, 0.6) is 23.0 Å². The average Bonchev–Trinajstić information content (AvgIpc) is 2.90. The van der Waals surface area contributed by atoms with Gasteiger partial charge in [0.05, 0.1) is 33.3 Å². The van der Waals surface area contributed by atoms with Crippen molar-refractivity contribution in [1.29, 1.82) is 0 Å². The molecule has 1 amide bonds. The Labute approximate surface area is 223 Å². The van der Waals surface area contributed by atoms with Crippen molar-refractivity contribution in [2.24, 2.45) is 0 Å². The fourth-order valence-corrected chi connectivity index (χ4v) is 4.02. The lowest BCUT2D eigenvalue weighted by atomic mass is 9.86. The standard InChI is InChI=1S/C27H28F2N2O8/c1-14(30-26(33)24-25(32)22(38-5)10-11-31(24)35)27(34)39-15(2)23(18-12-16(36-3)6-8-20(18)28)19-13-17(37-4)7-9-21(19)29/h6-15,23H,1-5H3,(H2-,30,32,33,35)/p+1/t14-,15-/m0/s1. The Bertz CT molecular complexity index is 1310. The van der Waals surface area contributed by atoms with E-state index in [9.17, 15) is 19.9 Å². The zero-order valence-corrected chi connectivity index (χ0v) is 21.9. The number of aromatic hydroxyl groups is 1. The Hall–Kier alpha value is -4.61. The van der Waals surface area contributed by atoms with Crippen molar-refractivity contribution in [3.63, 3.8) is 0 Å². The molecule has 0 spiro atoms. The molecule has 3 N–H and O–H groups in total. The van der Waals surface area contributed by atoms with Crippen molar-refractivity contribution >= 4 is 11.9 Å². The number of rotatable bonds is 10. The summed E-state index contributed by atoms with van der Waals surface area (Å²) in [7, 11) is 4.04. The van der Waals surface area contributed by atoms with E-state index in [1.165, 1.54) is 65.5 Å². The number of hydrogen-bond acceptors (Lipinski definition) is 8. The van der Waals surface area contributed by atoms with Crippen LogP contribution in [-0.2, 0) is 9.53 Å². The third-order valence-electron chi connectivity index (χ3n) is 6.04. The summed E-state index contributed by atoms with van der Waals surface area (Å²) in [6.45, 7) is 2.75. The second-order valence-electron chi connectivity index (χ2n) is 8.52. The predicted molar refractivity (Wildman–Crippen MR) is 132 cm³/mol. The van der Waals surface area contributed by atoms with Crippen molar-refractivity contribution < 1.29 is 52.4 Å². The Morgan fingerprint density at radius 3 is 1.92 bits per heavy atom. The van der Waals surface area contributed by atoms with E-state index in [2.05, 4.69) is 5.32 Å². The Morgan fingerprint density at radius 2 is 1.44 bits per heavy atom. The van der Waals surface area contributed by atoms with Crippen LogP contribution in [-0.4, -0.2) is 55.7 Å². The maximum Gasteiger partial charge on any atom is 0.366 e. The van der Waals surface area contributed by atoms with Gasteiger partial charge in [-0.2, -0.15) is 0 Å². The van der Waals surface area contributed by atoms with Crippen molar-refractivity contribution in [3.8, 4) is 23.0 Å². The van der Waals surface area contributed by atoms with E-state index >= 15 is 8.78 Å². The molecule has 12 heteroatoms. The molecule has 0 bridgehead atoms. The van der Waals surface area contributed by atoms with Crippen LogP contribution in [0.15, 0.2) is 48.7 Å². The van der Waals surface area contributed by atoms with E-state index in [1.807, 2.05) is 0 Å². The molecule has 0 aliphatic heterocycles. The number of carbonyl (C=O) groups excluding carboxylic acids is 2. The maximum absolute atomic E-state index is 15.0. The highest BCUT2D eigenvalue weighted by molar-refractivity contribution is 5.96. The van der Waals surface area contributed by atoms with E-state index in [1.54, 1.807) is 0 Å². The fourth-order valence-electron chi connectivity index (χ4n) is 4.02. The molecule has 0 aliphatic carbocycles. The van der Waals surface area contributed by atoms with Crippen LogP contribution >= 0.6 is 0 Å². The summed E-state index contributed by atoms with van der Waals surface area (Å²) >= 11 is 0. The summed E-state index contributed by atoms with van der Waals surface area (Å²) in [6.07, 6.45) is -0.0813. The first-order chi connectivity index (χ1) is 18.5. The smallest absolute Gasteiger partial charge is 0.366 e. The summed E-state index contributed by atoms with van der Waals surface area (Å²) in [4.78, 5) is 25.7. The number of methoxy groups -OCH3 is 3. The number of halogens is 2. The highest BCUT2D eigenvalue weighted by Crippen LogP contribution is 2.37. The summed E-state index contributed by atoms with van der Waals surface area (Å²) in [5.74, 6) is -4.61. The average molecular weight is 548 g/mol. The minimum atomic E-state index is -1.29. The second-order valence-corrected chi connectivity index (χ2v) is 8.52. The van der Waals surface area contributed by atoms with E-state index in [0.29, 0.717) is 16.2 Å². The van der Waals surface area contributed by atoms with Crippen LogP contribution in [0.2, 0.25) is 0 Å². The first-order valence-electron chi connectivity index (χ1n) is 11.7. The third-order valence-corrected chi connectivity index (χ3v) is 6.04. The first-order valence-corrected chi connectivity index (χ1v) is 11.7. The molecule has 0 saturated carbocycles. The summed E-state index contributed by atoms with van der Waals surface area (Å²) in [5, 5.41) is 22.5. The van der Waals surface area contributed by atoms with Gasteiger partial charge in [0, 0.05) is 15.9 Å². The number of carbonyl (C=O) groups is 2. The van der Waals surface area contributed by atoms with Crippen molar-refractivity contribution in [2.75, 3.05) is 21.3 Å². The number of amides is 1. The fraction of sp³-hybridized carbons (Fsp3) is 0.296. The number of esters is 1.